The molecule has 1 aromatic carbocycles. The molecule has 0 amide bonds. The van der Waals surface area contributed by atoms with Crippen LogP contribution in [0.1, 0.15) is 51.4 Å². The maximum absolute atomic E-state index is 12.5. The number of ether oxygens (including phenoxy) is 2. The number of hydrogen-bond donors (Lipinski definition) is 1. The van der Waals surface area contributed by atoms with Gasteiger partial charge >= 0.3 is 5.97 Å². The molecule has 5 nitrogen and oxygen atoms in total. The molecule has 0 aromatic heterocycles. The molecule has 0 saturated carbocycles. The predicted octanol–water partition coefficient (Wildman–Crippen LogP) is 3.58. The van der Waals surface area contributed by atoms with Gasteiger partial charge in [0, 0.05) is 17.8 Å². The van der Waals surface area contributed by atoms with Crippen LogP contribution in [0.3, 0.4) is 0 Å². The van der Waals surface area contributed by atoms with Crippen molar-refractivity contribution in [3.63, 3.8) is 0 Å². The lowest BCUT2D eigenvalue weighted by molar-refractivity contribution is 0.0269. The van der Waals surface area contributed by atoms with Crippen molar-refractivity contribution in [2.45, 2.75) is 47.1 Å². The van der Waals surface area contributed by atoms with Gasteiger partial charge in [-0.25, -0.2) is 4.79 Å². The first-order chi connectivity index (χ1) is 11.5. The van der Waals surface area contributed by atoms with Crippen LogP contribution < -0.4 is 10.5 Å². The minimum atomic E-state index is -0.362. The monoisotopic (exact) mass is 336 g/mol. The first-order valence-electron chi connectivity index (χ1n) is 8.91. The number of carbonyl (C=O) groups is 1. The number of esters is 1. The Bertz CT molecular complexity index is 515. The lowest BCUT2D eigenvalue weighted by atomic mass is 9.98. The molecule has 2 atom stereocenters. The standard InChI is InChI=1S/C19H32N2O3/c1-6-14(5)17(21(7-2)8-3)13-24-19(22)16-11-10-15(20)12-18(16)23-9-4/h10-12,14,17H,6-9,13,20H2,1-5H3. The van der Waals surface area contributed by atoms with Gasteiger partial charge in [-0.05, 0) is 38.1 Å². The molecule has 136 valence electrons. The van der Waals surface area contributed by atoms with Gasteiger partial charge in [-0.15, -0.1) is 0 Å². The van der Waals surface area contributed by atoms with Crippen molar-refractivity contribution in [2.75, 3.05) is 32.0 Å². The highest BCUT2D eigenvalue weighted by Gasteiger charge is 2.24. The Hall–Kier alpha value is -1.75. The molecule has 0 heterocycles. The topological polar surface area (TPSA) is 64.8 Å². The number of carbonyl (C=O) groups excluding carboxylic acids is 1. The van der Waals surface area contributed by atoms with Crippen LogP contribution in [0.5, 0.6) is 5.75 Å². The second kappa shape index (κ2) is 10.2. The van der Waals surface area contributed by atoms with Crippen molar-refractivity contribution in [1.29, 1.82) is 0 Å². The second-order valence-corrected chi connectivity index (χ2v) is 5.96. The van der Waals surface area contributed by atoms with Gasteiger partial charge < -0.3 is 15.2 Å². The molecule has 1 rings (SSSR count). The lowest BCUT2D eigenvalue weighted by Gasteiger charge is -2.33. The number of rotatable bonds is 10. The molecule has 2 unspecified atom stereocenters. The van der Waals surface area contributed by atoms with Gasteiger partial charge in [-0.2, -0.15) is 0 Å². The third-order valence-corrected chi connectivity index (χ3v) is 4.49. The zero-order valence-corrected chi connectivity index (χ0v) is 15.7. The summed E-state index contributed by atoms with van der Waals surface area (Å²) in [6.45, 7) is 13.2. The number of nitrogens with two attached hydrogens (primary N) is 1. The van der Waals surface area contributed by atoms with Crippen LogP contribution in [0.2, 0.25) is 0 Å². The zero-order chi connectivity index (χ0) is 18.1. The van der Waals surface area contributed by atoms with Crippen LogP contribution in [0.15, 0.2) is 18.2 Å². The molecule has 5 heteroatoms. The highest BCUT2D eigenvalue weighted by molar-refractivity contribution is 5.93. The summed E-state index contributed by atoms with van der Waals surface area (Å²) in [4.78, 5) is 14.8. The fourth-order valence-corrected chi connectivity index (χ4v) is 2.82. The minimum Gasteiger partial charge on any atom is -0.493 e. The molecule has 0 radical (unpaired) electrons. The number of hydrogen-bond acceptors (Lipinski definition) is 5. The Balaban J connectivity index is 2.85. The SMILES string of the molecule is CCOc1cc(N)ccc1C(=O)OCC(C(C)CC)N(CC)CC. The van der Waals surface area contributed by atoms with Crippen molar-refractivity contribution in [3.05, 3.63) is 23.8 Å². The fourth-order valence-electron chi connectivity index (χ4n) is 2.82. The Kier molecular flexibility index (Phi) is 8.61. The van der Waals surface area contributed by atoms with Crippen molar-refractivity contribution >= 4 is 11.7 Å². The molecule has 2 N–H and O–H groups in total. The van der Waals surface area contributed by atoms with Gasteiger partial charge in [0.1, 0.15) is 17.9 Å². The number of benzene rings is 1. The molecule has 0 spiro atoms. The Morgan fingerprint density at radius 3 is 2.42 bits per heavy atom. The summed E-state index contributed by atoms with van der Waals surface area (Å²) in [7, 11) is 0. The van der Waals surface area contributed by atoms with E-state index in [4.69, 9.17) is 15.2 Å². The maximum Gasteiger partial charge on any atom is 0.341 e. The van der Waals surface area contributed by atoms with Gasteiger partial charge in [-0.3, -0.25) is 4.90 Å². The zero-order valence-electron chi connectivity index (χ0n) is 15.7. The van der Waals surface area contributed by atoms with E-state index in [0.29, 0.717) is 36.1 Å². The smallest absolute Gasteiger partial charge is 0.341 e. The number of nitrogen functional groups attached to an aromatic ring is 1. The van der Waals surface area contributed by atoms with Crippen LogP contribution in [0, 0.1) is 5.92 Å². The minimum absolute atomic E-state index is 0.221. The van der Waals surface area contributed by atoms with E-state index in [-0.39, 0.29) is 12.0 Å². The van der Waals surface area contributed by atoms with Crippen molar-refractivity contribution in [1.82, 2.24) is 4.90 Å². The molecule has 0 bridgehead atoms. The van der Waals surface area contributed by atoms with Crippen LogP contribution in [-0.4, -0.2) is 43.2 Å². The molecular weight excluding hydrogens is 304 g/mol. The van der Waals surface area contributed by atoms with Gasteiger partial charge in [0.05, 0.1) is 6.61 Å². The molecule has 0 aliphatic rings. The van der Waals surface area contributed by atoms with Crippen molar-refractivity contribution < 1.29 is 14.3 Å². The number of anilines is 1. The highest BCUT2D eigenvalue weighted by Crippen LogP contribution is 2.23. The number of likely N-dealkylation sites (N-methyl/N-ethyl adjacent to an activating group) is 1. The number of nitrogens with zero attached hydrogens (tertiary/aromatic N) is 1. The second-order valence-electron chi connectivity index (χ2n) is 5.96. The molecule has 0 saturated heterocycles. The Morgan fingerprint density at radius 1 is 1.21 bits per heavy atom. The maximum atomic E-state index is 12.5. The lowest BCUT2D eigenvalue weighted by Crippen LogP contribution is -2.43. The van der Waals surface area contributed by atoms with Gasteiger partial charge in [0.2, 0.25) is 0 Å². The molecule has 1 aromatic rings. The summed E-state index contributed by atoms with van der Waals surface area (Å²) >= 11 is 0. The molecule has 24 heavy (non-hydrogen) atoms. The van der Waals surface area contributed by atoms with E-state index < -0.39 is 0 Å². The molecule has 0 aliphatic heterocycles. The molecular formula is C19H32N2O3. The van der Waals surface area contributed by atoms with Crippen LogP contribution >= 0.6 is 0 Å². The van der Waals surface area contributed by atoms with Crippen LogP contribution in [0.25, 0.3) is 0 Å². The third-order valence-electron chi connectivity index (χ3n) is 4.49. The molecule has 0 fully saturated rings. The third kappa shape index (κ3) is 5.41. The summed E-state index contributed by atoms with van der Waals surface area (Å²) in [6, 6.07) is 5.24. The van der Waals surface area contributed by atoms with E-state index in [2.05, 4.69) is 32.6 Å². The van der Waals surface area contributed by atoms with E-state index in [9.17, 15) is 4.79 Å². The van der Waals surface area contributed by atoms with Gasteiger partial charge in [0.25, 0.3) is 0 Å². The van der Waals surface area contributed by atoms with Crippen molar-refractivity contribution in [3.8, 4) is 5.75 Å². The first kappa shape index (κ1) is 20.3. The van der Waals surface area contributed by atoms with Crippen molar-refractivity contribution in [2.24, 2.45) is 5.92 Å². The van der Waals surface area contributed by atoms with E-state index in [0.717, 1.165) is 19.5 Å². The highest BCUT2D eigenvalue weighted by atomic mass is 16.5. The average Bonchev–Trinajstić information content (AvgIpc) is 2.58. The normalized spacial score (nSPS) is 13.6. The summed E-state index contributed by atoms with van der Waals surface area (Å²) < 4.78 is 11.1. The Labute approximate surface area is 146 Å². The summed E-state index contributed by atoms with van der Waals surface area (Å²) in [5, 5.41) is 0. The van der Waals surface area contributed by atoms with Crippen LogP contribution in [-0.2, 0) is 4.74 Å². The summed E-state index contributed by atoms with van der Waals surface area (Å²) in [6.07, 6.45) is 1.05. The average molecular weight is 336 g/mol. The largest absolute Gasteiger partial charge is 0.493 e. The van der Waals surface area contributed by atoms with E-state index in [1.54, 1.807) is 18.2 Å². The van der Waals surface area contributed by atoms with Gasteiger partial charge in [-0.1, -0.05) is 34.1 Å². The van der Waals surface area contributed by atoms with E-state index in [1.165, 1.54) is 0 Å². The Morgan fingerprint density at radius 2 is 1.88 bits per heavy atom. The van der Waals surface area contributed by atoms with Gasteiger partial charge in [0.15, 0.2) is 0 Å². The van der Waals surface area contributed by atoms with Crippen LogP contribution in [0.4, 0.5) is 5.69 Å². The molecule has 0 aliphatic carbocycles. The quantitative estimate of drug-likeness (QED) is 0.522. The summed E-state index contributed by atoms with van der Waals surface area (Å²) in [5.74, 6) is 0.569. The van der Waals surface area contributed by atoms with E-state index in [1.807, 2.05) is 6.92 Å². The van der Waals surface area contributed by atoms with E-state index >= 15 is 0 Å². The summed E-state index contributed by atoms with van der Waals surface area (Å²) in [5.41, 5.74) is 6.76. The fraction of sp³-hybridized carbons (Fsp3) is 0.632. The predicted molar refractivity (Wildman–Crippen MR) is 98.5 cm³/mol. The first-order valence-corrected chi connectivity index (χ1v) is 8.91.